The van der Waals surface area contributed by atoms with Crippen LogP contribution < -0.4 is 5.32 Å². The summed E-state index contributed by atoms with van der Waals surface area (Å²) >= 11 is 0. The van der Waals surface area contributed by atoms with E-state index in [1.54, 1.807) is 0 Å². The van der Waals surface area contributed by atoms with E-state index in [1.807, 2.05) is 6.07 Å². The minimum atomic E-state index is -0.0586. The molecule has 1 heterocycles. The van der Waals surface area contributed by atoms with Crippen molar-refractivity contribution in [2.24, 2.45) is 0 Å². The maximum absolute atomic E-state index is 5.21. The van der Waals surface area contributed by atoms with Crippen molar-refractivity contribution in [3.8, 4) is 11.3 Å². The lowest BCUT2D eigenvalue weighted by Crippen LogP contribution is -2.19. The van der Waals surface area contributed by atoms with E-state index in [2.05, 4.69) is 127 Å². The van der Waals surface area contributed by atoms with E-state index in [0.29, 0.717) is 11.8 Å². The molecule has 0 aliphatic heterocycles. The Bertz CT molecular complexity index is 1250. The van der Waals surface area contributed by atoms with Gasteiger partial charge in [-0.2, -0.15) is 0 Å². The predicted molar refractivity (Wildman–Crippen MR) is 150 cm³/mol. The highest BCUT2D eigenvalue weighted by Crippen LogP contribution is 2.38. The van der Waals surface area contributed by atoms with Crippen LogP contribution in [0.1, 0.15) is 84.6 Å². The summed E-state index contributed by atoms with van der Waals surface area (Å²) in [6, 6.07) is 28.1. The zero-order chi connectivity index (χ0) is 25.1. The van der Waals surface area contributed by atoms with Crippen LogP contribution in [0.5, 0.6) is 0 Å². The minimum absolute atomic E-state index is 0.0586. The van der Waals surface area contributed by atoms with E-state index in [1.165, 1.54) is 39.1 Å². The summed E-state index contributed by atoms with van der Waals surface area (Å²) in [6.07, 6.45) is 0. The second-order valence-electron chi connectivity index (χ2n) is 10.3. The number of hydrogen-bond acceptors (Lipinski definition) is 2. The fraction of sp³-hybridized carbons (Fsp3) is 0.303. The van der Waals surface area contributed by atoms with Gasteiger partial charge in [0, 0.05) is 11.3 Å². The number of hydrogen-bond donors (Lipinski definition) is 1. The third-order valence-electron chi connectivity index (χ3n) is 6.82. The molecule has 1 aromatic heterocycles. The number of nitrogens with one attached hydrogen (secondary N) is 1. The topological polar surface area (TPSA) is 24.9 Å². The Kier molecular flexibility index (Phi) is 7.40. The lowest BCUT2D eigenvalue weighted by Gasteiger charge is -2.29. The lowest BCUT2D eigenvalue weighted by molar-refractivity contribution is 0.810. The highest BCUT2D eigenvalue weighted by Gasteiger charge is 2.24. The molecule has 3 aromatic carbocycles. The van der Waals surface area contributed by atoms with Gasteiger partial charge in [-0.05, 0) is 72.6 Å². The monoisotopic (exact) mass is 462 g/mol. The first-order valence-corrected chi connectivity index (χ1v) is 12.8. The van der Waals surface area contributed by atoms with Crippen LogP contribution in [0.2, 0.25) is 0 Å². The Morgan fingerprint density at radius 2 is 1.23 bits per heavy atom. The minimum Gasteiger partial charge on any atom is -0.372 e. The van der Waals surface area contributed by atoms with Crippen LogP contribution >= 0.6 is 0 Å². The summed E-state index contributed by atoms with van der Waals surface area (Å²) in [5.41, 5.74) is 12.3. The molecule has 0 fully saturated rings. The molecule has 180 valence electrons. The van der Waals surface area contributed by atoms with Crippen molar-refractivity contribution in [1.29, 1.82) is 0 Å². The van der Waals surface area contributed by atoms with Crippen molar-refractivity contribution in [3.63, 3.8) is 0 Å². The summed E-state index contributed by atoms with van der Waals surface area (Å²) in [5, 5.41) is 4.03. The van der Waals surface area contributed by atoms with Gasteiger partial charge in [0.05, 0.1) is 17.4 Å². The fourth-order valence-electron chi connectivity index (χ4n) is 5.18. The van der Waals surface area contributed by atoms with Gasteiger partial charge >= 0.3 is 0 Å². The quantitative estimate of drug-likeness (QED) is 0.296. The first-order valence-electron chi connectivity index (χ1n) is 12.8. The third-order valence-corrected chi connectivity index (χ3v) is 6.82. The fourth-order valence-corrected chi connectivity index (χ4v) is 5.18. The number of aryl methyl sites for hydroxylation is 3. The van der Waals surface area contributed by atoms with Crippen LogP contribution in [-0.2, 0) is 0 Å². The Morgan fingerprint density at radius 1 is 0.657 bits per heavy atom. The second-order valence-corrected chi connectivity index (χ2v) is 10.3. The molecule has 0 saturated carbocycles. The van der Waals surface area contributed by atoms with Crippen LogP contribution in [0.25, 0.3) is 11.3 Å². The summed E-state index contributed by atoms with van der Waals surface area (Å²) in [4.78, 5) is 5.21. The smallest absolute Gasteiger partial charge is 0.0945 e. The summed E-state index contributed by atoms with van der Waals surface area (Å²) in [6.45, 7) is 15.7. The van der Waals surface area contributed by atoms with E-state index in [-0.39, 0.29) is 6.04 Å². The molecule has 0 bridgehead atoms. The van der Waals surface area contributed by atoms with Gasteiger partial charge in [0.2, 0.25) is 0 Å². The second kappa shape index (κ2) is 10.5. The van der Waals surface area contributed by atoms with E-state index in [9.17, 15) is 0 Å². The molecule has 35 heavy (non-hydrogen) atoms. The van der Waals surface area contributed by atoms with Gasteiger partial charge in [-0.15, -0.1) is 0 Å². The molecule has 0 aliphatic carbocycles. The van der Waals surface area contributed by atoms with Crippen LogP contribution in [-0.4, -0.2) is 4.98 Å². The molecule has 0 aliphatic rings. The number of para-hydroxylation sites is 1. The van der Waals surface area contributed by atoms with E-state index < -0.39 is 0 Å². The molecule has 4 rings (SSSR count). The van der Waals surface area contributed by atoms with Crippen LogP contribution in [0.3, 0.4) is 0 Å². The largest absolute Gasteiger partial charge is 0.372 e. The van der Waals surface area contributed by atoms with E-state index >= 15 is 0 Å². The Balaban J connectivity index is 1.93. The molecule has 1 N–H and O–H groups in total. The van der Waals surface area contributed by atoms with Crippen molar-refractivity contribution in [2.45, 2.75) is 66.3 Å². The maximum atomic E-state index is 5.21. The van der Waals surface area contributed by atoms with E-state index in [4.69, 9.17) is 4.98 Å². The zero-order valence-corrected chi connectivity index (χ0v) is 22.2. The molecule has 0 radical (unpaired) electrons. The van der Waals surface area contributed by atoms with Crippen molar-refractivity contribution in [1.82, 2.24) is 4.98 Å². The average Bonchev–Trinajstić information content (AvgIpc) is 2.83. The van der Waals surface area contributed by atoms with Gasteiger partial charge in [-0.25, -0.2) is 0 Å². The summed E-state index contributed by atoms with van der Waals surface area (Å²) in [7, 11) is 0. The van der Waals surface area contributed by atoms with Gasteiger partial charge in [-0.3, -0.25) is 4.98 Å². The Morgan fingerprint density at radius 3 is 1.80 bits per heavy atom. The highest BCUT2D eigenvalue weighted by atomic mass is 15.0. The molecule has 1 atom stereocenters. The first-order chi connectivity index (χ1) is 16.8. The Hall–Kier alpha value is -3.39. The summed E-state index contributed by atoms with van der Waals surface area (Å²) < 4.78 is 0. The highest BCUT2D eigenvalue weighted by molar-refractivity contribution is 5.64. The standard InChI is InChI=1S/C33H38N2/c1-21(2)27-15-11-16-28(22(3)4)32(27)35-33(31-24(6)19-23(5)20-25(31)7)30-18-12-17-29(34-30)26-13-9-8-10-14-26/h8-22,33,35H,1-7H3. The predicted octanol–water partition coefficient (Wildman–Crippen LogP) is 9.12. The number of pyridine rings is 1. The normalized spacial score (nSPS) is 12.3. The number of rotatable bonds is 7. The van der Waals surface area contributed by atoms with Crippen molar-refractivity contribution in [3.05, 3.63) is 118 Å². The molecule has 0 amide bonds. The van der Waals surface area contributed by atoms with Gasteiger partial charge in [0.25, 0.3) is 0 Å². The number of nitrogens with zero attached hydrogens (tertiary/aromatic N) is 1. The van der Waals surface area contributed by atoms with Gasteiger partial charge in [-0.1, -0.05) is 100.0 Å². The molecule has 0 spiro atoms. The average molecular weight is 463 g/mol. The maximum Gasteiger partial charge on any atom is 0.0945 e. The molecular formula is C33H38N2. The molecule has 1 unspecified atom stereocenters. The molecular weight excluding hydrogens is 424 g/mol. The third kappa shape index (κ3) is 5.32. The van der Waals surface area contributed by atoms with Gasteiger partial charge in [0.1, 0.15) is 0 Å². The number of aromatic nitrogens is 1. The Labute approximate surface area is 211 Å². The van der Waals surface area contributed by atoms with Gasteiger partial charge in [0.15, 0.2) is 0 Å². The van der Waals surface area contributed by atoms with Crippen molar-refractivity contribution < 1.29 is 0 Å². The molecule has 4 aromatic rings. The molecule has 0 saturated heterocycles. The number of benzene rings is 3. The first kappa shape index (κ1) is 24.7. The number of anilines is 1. The lowest BCUT2D eigenvalue weighted by atomic mass is 9.89. The SMILES string of the molecule is Cc1cc(C)c(C(Nc2c(C(C)C)cccc2C(C)C)c2cccc(-c3ccccc3)n2)c(C)c1. The van der Waals surface area contributed by atoms with Gasteiger partial charge < -0.3 is 5.32 Å². The van der Waals surface area contributed by atoms with Crippen LogP contribution in [0.15, 0.2) is 78.9 Å². The zero-order valence-electron chi connectivity index (χ0n) is 22.2. The van der Waals surface area contributed by atoms with Crippen LogP contribution in [0.4, 0.5) is 5.69 Å². The summed E-state index contributed by atoms with van der Waals surface area (Å²) in [5.74, 6) is 0.835. The van der Waals surface area contributed by atoms with E-state index in [0.717, 1.165) is 17.0 Å². The van der Waals surface area contributed by atoms with Crippen LogP contribution in [0, 0.1) is 20.8 Å². The van der Waals surface area contributed by atoms with Crippen molar-refractivity contribution >= 4 is 5.69 Å². The van der Waals surface area contributed by atoms with Crippen molar-refractivity contribution in [2.75, 3.05) is 5.32 Å². The molecule has 2 nitrogen and oxygen atoms in total. The molecule has 2 heteroatoms.